The Kier molecular flexibility index (Phi) is 9.71. The molecule has 2 atom stereocenters. The van der Waals surface area contributed by atoms with Crippen LogP contribution >= 0.6 is 0 Å². The standard InChI is InChI=1S/C7H14N2O2S.C3H8O/c8-1-2-9-3-4-12(11)6-7(9)5-10;1-3-4-2/h5,7H,1-4,6,8H2;3H2,1-2H3. The van der Waals surface area contributed by atoms with Crippen molar-refractivity contribution in [3.8, 4) is 0 Å². The fourth-order valence-corrected chi connectivity index (χ4v) is 2.61. The molecular formula is C10H22N2O3S. The number of aldehydes is 1. The second-order valence-electron chi connectivity index (χ2n) is 3.42. The molecule has 0 amide bonds. The number of carbonyl (C=O) groups is 1. The summed E-state index contributed by atoms with van der Waals surface area (Å²) in [6.07, 6.45) is 0.868. The van der Waals surface area contributed by atoms with Crippen LogP contribution in [0.25, 0.3) is 0 Å². The molecule has 1 heterocycles. The van der Waals surface area contributed by atoms with Gasteiger partial charge in [-0.15, -0.1) is 0 Å². The van der Waals surface area contributed by atoms with E-state index in [-0.39, 0.29) is 6.04 Å². The molecule has 0 saturated carbocycles. The number of nitrogens with two attached hydrogens (primary N) is 1. The van der Waals surface area contributed by atoms with Gasteiger partial charge in [0.2, 0.25) is 0 Å². The lowest BCUT2D eigenvalue weighted by Crippen LogP contribution is -2.49. The Bertz CT molecular complexity index is 212. The maximum absolute atomic E-state index is 11.1. The highest BCUT2D eigenvalue weighted by atomic mass is 32.2. The summed E-state index contributed by atoms with van der Waals surface area (Å²) in [4.78, 5) is 12.6. The molecule has 0 aliphatic carbocycles. The first-order valence-electron chi connectivity index (χ1n) is 5.42. The molecular weight excluding hydrogens is 228 g/mol. The molecule has 6 heteroatoms. The summed E-state index contributed by atoms with van der Waals surface area (Å²) in [6, 6.07) is -0.178. The van der Waals surface area contributed by atoms with Crippen LogP contribution in [-0.2, 0) is 20.3 Å². The van der Waals surface area contributed by atoms with Crippen LogP contribution in [0.3, 0.4) is 0 Å². The minimum Gasteiger partial charge on any atom is -0.385 e. The molecule has 1 aliphatic rings. The molecule has 1 rings (SSSR count). The third-order valence-corrected chi connectivity index (χ3v) is 3.65. The Morgan fingerprint density at radius 2 is 2.25 bits per heavy atom. The molecule has 1 aliphatic heterocycles. The van der Waals surface area contributed by atoms with Crippen LogP contribution in [0.2, 0.25) is 0 Å². The second kappa shape index (κ2) is 9.89. The Morgan fingerprint density at radius 1 is 1.62 bits per heavy atom. The fourth-order valence-electron chi connectivity index (χ4n) is 1.33. The van der Waals surface area contributed by atoms with Gasteiger partial charge in [-0.3, -0.25) is 9.11 Å². The third kappa shape index (κ3) is 6.32. The summed E-state index contributed by atoms with van der Waals surface area (Å²) in [5.74, 6) is 1.15. The first-order chi connectivity index (χ1) is 7.69. The molecule has 0 bridgehead atoms. The second-order valence-corrected chi connectivity index (χ2v) is 5.04. The van der Waals surface area contributed by atoms with Gasteiger partial charge in [0.1, 0.15) is 6.29 Å². The van der Waals surface area contributed by atoms with Gasteiger partial charge in [-0.1, -0.05) is 0 Å². The van der Waals surface area contributed by atoms with Crippen LogP contribution in [0.15, 0.2) is 0 Å². The number of ether oxygens (including phenoxy) is 1. The average molecular weight is 250 g/mol. The van der Waals surface area contributed by atoms with E-state index in [1.807, 2.05) is 11.8 Å². The van der Waals surface area contributed by atoms with E-state index in [1.165, 1.54) is 0 Å². The smallest absolute Gasteiger partial charge is 0.138 e. The summed E-state index contributed by atoms with van der Waals surface area (Å²) < 4.78 is 15.6. The van der Waals surface area contributed by atoms with Gasteiger partial charge in [0.25, 0.3) is 0 Å². The first-order valence-corrected chi connectivity index (χ1v) is 6.91. The van der Waals surface area contributed by atoms with Crippen LogP contribution in [0, 0.1) is 0 Å². The maximum Gasteiger partial charge on any atom is 0.138 e. The van der Waals surface area contributed by atoms with Gasteiger partial charge in [-0.2, -0.15) is 0 Å². The Morgan fingerprint density at radius 3 is 2.69 bits per heavy atom. The number of nitrogens with zero attached hydrogens (tertiary/aromatic N) is 1. The van der Waals surface area contributed by atoms with Crippen LogP contribution in [-0.4, -0.2) is 66.3 Å². The molecule has 0 aromatic rings. The zero-order chi connectivity index (χ0) is 12.4. The van der Waals surface area contributed by atoms with E-state index in [4.69, 9.17) is 5.73 Å². The number of hydrogen-bond donors (Lipinski definition) is 1. The van der Waals surface area contributed by atoms with E-state index in [0.29, 0.717) is 18.1 Å². The van der Waals surface area contributed by atoms with E-state index in [2.05, 4.69) is 4.74 Å². The van der Waals surface area contributed by atoms with E-state index in [1.54, 1.807) is 7.11 Å². The molecule has 0 radical (unpaired) electrons. The van der Waals surface area contributed by atoms with Crippen molar-refractivity contribution in [3.05, 3.63) is 0 Å². The number of methoxy groups -OCH3 is 1. The minimum absolute atomic E-state index is 0.178. The van der Waals surface area contributed by atoms with E-state index < -0.39 is 10.8 Å². The van der Waals surface area contributed by atoms with Gasteiger partial charge >= 0.3 is 0 Å². The summed E-state index contributed by atoms with van der Waals surface area (Å²) in [7, 11) is 0.872. The topological polar surface area (TPSA) is 72.6 Å². The molecule has 0 spiro atoms. The van der Waals surface area contributed by atoms with Crippen molar-refractivity contribution in [1.82, 2.24) is 4.90 Å². The largest absolute Gasteiger partial charge is 0.385 e. The Labute approximate surface area is 99.8 Å². The van der Waals surface area contributed by atoms with Gasteiger partial charge in [0.05, 0.1) is 6.04 Å². The van der Waals surface area contributed by atoms with Crippen molar-refractivity contribution >= 4 is 17.1 Å². The summed E-state index contributed by atoms with van der Waals surface area (Å²) in [6.45, 7) is 4.78. The zero-order valence-electron chi connectivity index (χ0n) is 10.1. The molecule has 2 N–H and O–H groups in total. The van der Waals surface area contributed by atoms with Crippen molar-refractivity contribution in [2.75, 3.05) is 44.9 Å². The predicted octanol–water partition coefficient (Wildman–Crippen LogP) is -0.770. The Hall–Kier alpha value is -0.300. The van der Waals surface area contributed by atoms with Crippen molar-refractivity contribution in [2.24, 2.45) is 5.73 Å². The summed E-state index contributed by atoms with van der Waals surface area (Å²) in [5, 5.41) is 0. The molecule has 96 valence electrons. The predicted molar refractivity (Wildman–Crippen MR) is 65.9 cm³/mol. The van der Waals surface area contributed by atoms with Gasteiger partial charge in [0, 0.05) is 55.7 Å². The lowest BCUT2D eigenvalue weighted by molar-refractivity contribution is -0.111. The number of hydrogen-bond acceptors (Lipinski definition) is 5. The highest BCUT2D eigenvalue weighted by Gasteiger charge is 2.24. The van der Waals surface area contributed by atoms with Crippen molar-refractivity contribution in [2.45, 2.75) is 13.0 Å². The number of rotatable bonds is 4. The van der Waals surface area contributed by atoms with Crippen molar-refractivity contribution in [3.63, 3.8) is 0 Å². The molecule has 2 unspecified atom stereocenters. The molecule has 5 nitrogen and oxygen atoms in total. The van der Waals surface area contributed by atoms with E-state index in [9.17, 15) is 9.00 Å². The summed E-state index contributed by atoms with van der Waals surface area (Å²) in [5.41, 5.74) is 5.38. The number of carbonyl (C=O) groups excluding carboxylic acids is 1. The Balaban J connectivity index is 0.000000487. The zero-order valence-corrected chi connectivity index (χ0v) is 10.9. The van der Waals surface area contributed by atoms with E-state index in [0.717, 1.165) is 26.0 Å². The van der Waals surface area contributed by atoms with Crippen LogP contribution in [0.4, 0.5) is 0 Å². The molecule has 0 aromatic carbocycles. The van der Waals surface area contributed by atoms with Gasteiger partial charge in [0.15, 0.2) is 0 Å². The highest BCUT2D eigenvalue weighted by Crippen LogP contribution is 2.05. The van der Waals surface area contributed by atoms with Gasteiger partial charge < -0.3 is 15.3 Å². The van der Waals surface area contributed by atoms with E-state index >= 15 is 0 Å². The van der Waals surface area contributed by atoms with Crippen LogP contribution in [0.1, 0.15) is 6.92 Å². The fraction of sp³-hybridized carbons (Fsp3) is 0.900. The first kappa shape index (κ1) is 15.7. The highest BCUT2D eigenvalue weighted by molar-refractivity contribution is 7.85. The molecule has 0 aromatic heterocycles. The minimum atomic E-state index is -0.808. The summed E-state index contributed by atoms with van der Waals surface area (Å²) >= 11 is 0. The van der Waals surface area contributed by atoms with Crippen molar-refractivity contribution < 1.29 is 13.7 Å². The molecule has 1 saturated heterocycles. The van der Waals surface area contributed by atoms with Crippen LogP contribution in [0.5, 0.6) is 0 Å². The molecule has 1 fully saturated rings. The molecule has 16 heavy (non-hydrogen) atoms. The van der Waals surface area contributed by atoms with Crippen molar-refractivity contribution in [1.29, 1.82) is 0 Å². The maximum atomic E-state index is 11.1. The van der Waals surface area contributed by atoms with Gasteiger partial charge in [-0.25, -0.2) is 0 Å². The normalized spacial score (nSPS) is 25.7. The lowest BCUT2D eigenvalue weighted by Gasteiger charge is -2.31. The SMILES string of the molecule is CCOC.NCCN1CCS(=O)CC1C=O. The third-order valence-electron chi connectivity index (χ3n) is 2.29. The lowest BCUT2D eigenvalue weighted by atomic mass is 10.3. The average Bonchev–Trinajstić information content (AvgIpc) is 2.32. The van der Waals surface area contributed by atoms with Gasteiger partial charge in [-0.05, 0) is 6.92 Å². The van der Waals surface area contributed by atoms with Crippen LogP contribution < -0.4 is 5.73 Å². The quantitative estimate of drug-likeness (QED) is 0.663. The monoisotopic (exact) mass is 250 g/mol.